The molecule has 3 nitrogen and oxygen atoms in total. The monoisotopic (exact) mass is 223 g/mol. The van der Waals surface area contributed by atoms with Crippen LogP contribution in [0.25, 0.3) is 0 Å². The van der Waals surface area contributed by atoms with Gasteiger partial charge in [0.25, 0.3) is 0 Å². The number of nitrogens with one attached hydrogen (secondary N) is 1. The summed E-state index contributed by atoms with van der Waals surface area (Å²) in [6.45, 7) is 11.1. The van der Waals surface area contributed by atoms with Gasteiger partial charge in [0.2, 0.25) is 5.95 Å². The Bertz CT molecular complexity index is 304. The molecule has 3 heteroatoms. The maximum atomic E-state index is 4.36. The predicted octanol–water partition coefficient (Wildman–Crippen LogP) is 3.70. The number of rotatable bonds is 6. The molecule has 0 aromatic carbocycles. The maximum Gasteiger partial charge on any atom is 0.203 e. The molecule has 1 rings (SSSR count). The Morgan fingerprint density at radius 1 is 1.31 bits per heavy atom. The van der Waals surface area contributed by atoms with E-state index in [2.05, 4.69) is 55.7 Å². The van der Waals surface area contributed by atoms with Crippen LogP contribution in [0.3, 0.4) is 0 Å². The van der Waals surface area contributed by atoms with Gasteiger partial charge in [-0.15, -0.1) is 0 Å². The Morgan fingerprint density at radius 3 is 2.56 bits per heavy atom. The molecule has 0 saturated carbocycles. The average molecular weight is 223 g/mol. The first-order valence-corrected chi connectivity index (χ1v) is 6.34. The van der Waals surface area contributed by atoms with E-state index in [1.54, 1.807) is 0 Å². The minimum absolute atomic E-state index is 0.428. The van der Waals surface area contributed by atoms with Crippen LogP contribution in [0.15, 0.2) is 12.4 Å². The first-order chi connectivity index (χ1) is 7.54. The van der Waals surface area contributed by atoms with Gasteiger partial charge in [0, 0.05) is 24.5 Å². The van der Waals surface area contributed by atoms with Crippen molar-refractivity contribution in [1.29, 1.82) is 0 Å². The van der Waals surface area contributed by atoms with E-state index < -0.39 is 0 Å². The standard InChI is InChI=1S/C13H25N3/c1-6-11(4)9-12(5)16-8-7-14-13(16)15-10(2)3/h7-8,10-12H,6,9H2,1-5H3,(H,14,15). The number of anilines is 1. The highest BCUT2D eigenvalue weighted by Crippen LogP contribution is 2.22. The molecule has 0 aliphatic carbocycles. The van der Waals surface area contributed by atoms with Crippen LogP contribution in [0.4, 0.5) is 5.95 Å². The topological polar surface area (TPSA) is 29.9 Å². The normalized spacial score (nSPS) is 15.1. The van der Waals surface area contributed by atoms with Crippen molar-refractivity contribution in [2.45, 2.75) is 59.5 Å². The average Bonchev–Trinajstić information content (AvgIpc) is 2.64. The molecule has 1 aromatic heterocycles. The van der Waals surface area contributed by atoms with Crippen molar-refractivity contribution < 1.29 is 0 Å². The van der Waals surface area contributed by atoms with Gasteiger partial charge < -0.3 is 9.88 Å². The Labute approximate surface area is 99.3 Å². The smallest absolute Gasteiger partial charge is 0.203 e. The van der Waals surface area contributed by atoms with Gasteiger partial charge in [0.15, 0.2) is 0 Å². The molecule has 1 heterocycles. The number of hydrogen-bond donors (Lipinski definition) is 1. The third-order valence-electron chi connectivity index (χ3n) is 3.00. The molecule has 0 bridgehead atoms. The van der Waals surface area contributed by atoms with Crippen molar-refractivity contribution in [2.24, 2.45) is 5.92 Å². The van der Waals surface area contributed by atoms with Crippen molar-refractivity contribution in [1.82, 2.24) is 9.55 Å². The minimum Gasteiger partial charge on any atom is -0.353 e. The molecule has 0 aliphatic rings. The van der Waals surface area contributed by atoms with Crippen molar-refractivity contribution in [2.75, 3.05) is 5.32 Å². The number of hydrogen-bond acceptors (Lipinski definition) is 2. The largest absolute Gasteiger partial charge is 0.353 e. The Balaban J connectivity index is 2.67. The summed E-state index contributed by atoms with van der Waals surface area (Å²) in [5.41, 5.74) is 0. The van der Waals surface area contributed by atoms with Gasteiger partial charge in [-0.2, -0.15) is 0 Å². The van der Waals surface area contributed by atoms with E-state index in [4.69, 9.17) is 0 Å². The molecule has 0 fully saturated rings. The Morgan fingerprint density at radius 2 is 2.00 bits per heavy atom. The van der Waals surface area contributed by atoms with Crippen molar-refractivity contribution >= 4 is 5.95 Å². The molecule has 16 heavy (non-hydrogen) atoms. The molecule has 0 aliphatic heterocycles. The number of aromatic nitrogens is 2. The summed E-state index contributed by atoms with van der Waals surface area (Å²) in [5, 5.41) is 3.38. The molecule has 2 unspecified atom stereocenters. The van der Waals surface area contributed by atoms with E-state index in [0.29, 0.717) is 12.1 Å². The van der Waals surface area contributed by atoms with Gasteiger partial charge in [-0.25, -0.2) is 4.98 Å². The summed E-state index contributed by atoms with van der Waals surface area (Å²) < 4.78 is 2.24. The lowest BCUT2D eigenvalue weighted by Crippen LogP contribution is -2.17. The van der Waals surface area contributed by atoms with E-state index in [-0.39, 0.29) is 0 Å². The molecule has 0 amide bonds. The molecule has 0 spiro atoms. The van der Waals surface area contributed by atoms with Crippen LogP contribution < -0.4 is 5.32 Å². The molecule has 0 radical (unpaired) electrons. The summed E-state index contributed by atoms with van der Waals surface area (Å²) in [6, 6.07) is 0.940. The van der Waals surface area contributed by atoms with E-state index in [9.17, 15) is 0 Å². The van der Waals surface area contributed by atoms with Crippen LogP contribution in [-0.4, -0.2) is 15.6 Å². The van der Waals surface area contributed by atoms with Crippen LogP contribution in [-0.2, 0) is 0 Å². The second-order valence-electron chi connectivity index (χ2n) is 5.06. The van der Waals surface area contributed by atoms with Crippen LogP contribution in [0.2, 0.25) is 0 Å². The second kappa shape index (κ2) is 5.92. The Hall–Kier alpha value is -0.990. The van der Waals surface area contributed by atoms with Crippen molar-refractivity contribution in [3.8, 4) is 0 Å². The van der Waals surface area contributed by atoms with Crippen LogP contribution in [0, 0.1) is 5.92 Å². The quantitative estimate of drug-likeness (QED) is 0.797. The van der Waals surface area contributed by atoms with Crippen LogP contribution in [0.1, 0.15) is 53.5 Å². The first kappa shape index (κ1) is 13.1. The maximum absolute atomic E-state index is 4.36. The highest BCUT2D eigenvalue weighted by Gasteiger charge is 2.12. The van der Waals surface area contributed by atoms with E-state index >= 15 is 0 Å². The van der Waals surface area contributed by atoms with E-state index in [1.165, 1.54) is 12.8 Å². The molecular formula is C13H25N3. The summed E-state index contributed by atoms with van der Waals surface area (Å²) in [6.07, 6.45) is 6.39. The zero-order valence-corrected chi connectivity index (χ0v) is 11.2. The van der Waals surface area contributed by atoms with Gasteiger partial charge in [-0.3, -0.25) is 0 Å². The van der Waals surface area contributed by atoms with Gasteiger partial charge in [-0.05, 0) is 33.1 Å². The second-order valence-corrected chi connectivity index (χ2v) is 5.06. The number of imidazole rings is 1. The van der Waals surface area contributed by atoms with E-state index in [0.717, 1.165) is 11.9 Å². The fourth-order valence-corrected chi connectivity index (χ4v) is 1.90. The molecule has 1 aromatic rings. The highest BCUT2D eigenvalue weighted by molar-refractivity contribution is 5.27. The summed E-state index contributed by atoms with van der Waals surface area (Å²) in [4.78, 5) is 4.36. The Kier molecular flexibility index (Phi) is 4.84. The fraction of sp³-hybridized carbons (Fsp3) is 0.769. The summed E-state index contributed by atoms with van der Waals surface area (Å²) in [5.74, 6) is 1.76. The zero-order chi connectivity index (χ0) is 12.1. The lowest BCUT2D eigenvalue weighted by molar-refractivity contribution is 0.400. The van der Waals surface area contributed by atoms with Gasteiger partial charge in [0.05, 0.1) is 0 Å². The lowest BCUT2D eigenvalue weighted by atomic mass is 10.0. The van der Waals surface area contributed by atoms with Crippen molar-refractivity contribution in [3.05, 3.63) is 12.4 Å². The van der Waals surface area contributed by atoms with Crippen LogP contribution >= 0.6 is 0 Å². The first-order valence-electron chi connectivity index (χ1n) is 6.34. The lowest BCUT2D eigenvalue weighted by Gasteiger charge is -2.20. The third-order valence-corrected chi connectivity index (χ3v) is 3.00. The zero-order valence-electron chi connectivity index (χ0n) is 11.2. The van der Waals surface area contributed by atoms with E-state index in [1.807, 2.05) is 6.20 Å². The molecule has 1 N–H and O–H groups in total. The summed E-state index contributed by atoms with van der Waals surface area (Å²) in [7, 11) is 0. The predicted molar refractivity (Wildman–Crippen MR) is 69.8 cm³/mol. The minimum atomic E-state index is 0.428. The molecule has 0 saturated heterocycles. The summed E-state index contributed by atoms with van der Waals surface area (Å²) >= 11 is 0. The van der Waals surface area contributed by atoms with Gasteiger partial charge in [-0.1, -0.05) is 20.3 Å². The van der Waals surface area contributed by atoms with Gasteiger partial charge >= 0.3 is 0 Å². The van der Waals surface area contributed by atoms with Crippen molar-refractivity contribution in [3.63, 3.8) is 0 Å². The molecular weight excluding hydrogens is 198 g/mol. The van der Waals surface area contributed by atoms with Gasteiger partial charge in [0.1, 0.15) is 0 Å². The third kappa shape index (κ3) is 3.54. The highest BCUT2D eigenvalue weighted by atomic mass is 15.2. The molecule has 2 atom stereocenters. The number of nitrogens with zero attached hydrogens (tertiary/aromatic N) is 2. The van der Waals surface area contributed by atoms with Crippen LogP contribution in [0.5, 0.6) is 0 Å². The molecule has 92 valence electrons. The SMILES string of the molecule is CCC(C)CC(C)n1ccnc1NC(C)C. The fourth-order valence-electron chi connectivity index (χ4n) is 1.90.